The number of hydrogen-bond acceptors (Lipinski definition) is 6. The Morgan fingerprint density at radius 3 is 2.50 bits per heavy atom. The number of carboxylic acid groups (broad SMARTS) is 1. The minimum absolute atomic E-state index is 0.0640. The van der Waals surface area contributed by atoms with Crippen LogP contribution in [-0.4, -0.2) is 61.8 Å². The van der Waals surface area contributed by atoms with Crippen LogP contribution in [0.1, 0.15) is 27.9 Å². The topological polar surface area (TPSA) is 157 Å². The lowest BCUT2D eigenvalue weighted by Crippen LogP contribution is -2.41. The Balaban J connectivity index is 2.14. The van der Waals surface area contributed by atoms with Gasteiger partial charge in [0.25, 0.3) is 5.91 Å². The first-order valence-corrected chi connectivity index (χ1v) is 15.0. The van der Waals surface area contributed by atoms with Gasteiger partial charge in [0.15, 0.2) is 0 Å². The van der Waals surface area contributed by atoms with Gasteiger partial charge in [-0.25, -0.2) is 13.2 Å². The number of nitrogens with one attached hydrogen (secondary N) is 3. The van der Waals surface area contributed by atoms with Crippen molar-refractivity contribution in [1.29, 1.82) is 5.41 Å². The van der Waals surface area contributed by atoms with Crippen molar-refractivity contribution in [3.8, 4) is 5.75 Å². The van der Waals surface area contributed by atoms with Crippen molar-refractivity contribution in [1.82, 2.24) is 10.0 Å². The second-order valence-electron chi connectivity index (χ2n) is 8.28. The molecule has 2 unspecified atom stereocenters. The maximum absolute atomic E-state index is 12.9. The molecule has 0 aromatic heterocycles. The maximum Gasteiger partial charge on any atom is 0.326 e. The molecule has 0 spiro atoms. The molecule has 2 aromatic carbocycles. The number of carbonyl (C=O) groups is 2. The SMILES string of the molecule is Cc1cc(CCP(C)c2cccc(O)c2)cc(Cl)c1C(=O)NC(C/C(C=N)=C/NS(C)(=O)=O)C(=O)O. The second-order valence-corrected chi connectivity index (χ2v) is 12.8. The van der Waals surface area contributed by atoms with Crippen LogP contribution in [0.4, 0.5) is 0 Å². The highest BCUT2D eigenvalue weighted by molar-refractivity contribution is 7.88. The molecule has 36 heavy (non-hydrogen) atoms. The summed E-state index contributed by atoms with van der Waals surface area (Å²) in [5, 5.41) is 30.3. The van der Waals surface area contributed by atoms with Gasteiger partial charge >= 0.3 is 5.97 Å². The normalized spacial score (nSPS) is 13.5. The number of sulfonamides is 1. The summed E-state index contributed by atoms with van der Waals surface area (Å²) < 4.78 is 24.6. The smallest absolute Gasteiger partial charge is 0.326 e. The molecule has 2 rings (SSSR count). The number of aliphatic carboxylic acids is 1. The molecule has 0 heterocycles. The molecule has 5 N–H and O–H groups in total. The number of rotatable bonds is 12. The van der Waals surface area contributed by atoms with Crippen LogP contribution >= 0.6 is 19.5 Å². The number of phenolic OH excluding ortho intramolecular Hbond substituents is 1. The summed E-state index contributed by atoms with van der Waals surface area (Å²) in [5.74, 6) is -1.80. The minimum Gasteiger partial charge on any atom is -0.508 e. The van der Waals surface area contributed by atoms with Crippen LogP contribution < -0.4 is 15.3 Å². The Morgan fingerprint density at radius 1 is 1.25 bits per heavy atom. The first kappa shape index (κ1) is 29.3. The fraction of sp³-hybridized carbons (Fsp3) is 0.292. The molecule has 0 bridgehead atoms. The van der Waals surface area contributed by atoms with Crippen LogP contribution in [0.3, 0.4) is 0 Å². The van der Waals surface area contributed by atoms with E-state index in [2.05, 4.69) is 16.7 Å². The molecule has 1 amide bonds. The number of amides is 1. The summed E-state index contributed by atoms with van der Waals surface area (Å²) in [6, 6.07) is 9.28. The Hall–Kier alpha value is -2.94. The highest BCUT2D eigenvalue weighted by atomic mass is 35.5. The minimum atomic E-state index is -3.59. The predicted molar refractivity (Wildman–Crippen MR) is 144 cm³/mol. The van der Waals surface area contributed by atoms with E-state index in [4.69, 9.17) is 17.0 Å². The molecule has 0 saturated heterocycles. The number of aryl methyl sites for hydroxylation is 2. The van der Waals surface area contributed by atoms with Crippen LogP contribution in [0.2, 0.25) is 5.02 Å². The lowest BCUT2D eigenvalue weighted by atomic mass is 10.0. The fourth-order valence-electron chi connectivity index (χ4n) is 3.41. The van der Waals surface area contributed by atoms with Gasteiger partial charge in [0.05, 0.1) is 16.8 Å². The van der Waals surface area contributed by atoms with Crippen molar-refractivity contribution in [3.63, 3.8) is 0 Å². The van der Waals surface area contributed by atoms with Gasteiger partial charge < -0.3 is 20.9 Å². The number of carbonyl (C=O) groups excluding carboxylic acids is 1. The molecule has 0 radical (unpaired) electrons. The van der Waals surface area contributed by atoms with Crippen molar-refractivity contribution in [2.24, 2.45) is 0 Å². The van der Waals surface area contributed by atoms with Crippen molar-refractivity contribution in [2.45, 2.75) is 25.8 Å². The summed E-state index contributed by atoms with van der Waals surface area (Å²) >= 11 is 6.42. The zero-order valence-corrected chi connectivity index (χ0v) is 22.5. The third kappa shape index (κ3) is 8.93. The predicted octanol–water partition coefficient (Wildman–Crippen LogP) is 2.99. The highest BCUT2D eigenvalue weighted by Crippen LogP contribution is 2.32. The summed E-state index contributed by atoms with van der Waals surface area (Å²) in [7, 11) is -4.10. The Kier molecular flexibility index (Phi) is 10.5. The van der Waals surface area contributed by atoms with Gasteiger partial charge in [0.1, 0.15) is 11.8 Å². The van der Waals surface area contributed by atoms with Gasteiger partial charge in [-0.05, 0) is 66.4 Å². The summed E-state index contributed by atoms with van der Waals surface area (Å²) in [6.07, 6.45) is 3.99. The number of benzene rings is 2. The Morgan fingerprint density at radius 2 is 1.94 bits per heavy atom. The van der Waals surface area contributed by atoms with E-state index in [1.54, 1.807) is 25.1 Å². The van der Waals surface area contributed by atoms with Gasteiger partial charge in [0.2, 0.25) is 10.0 Å². The van der Waals surface area contributed by atoms with Crippen LogP contribution in [0.5, 0.6) is 5.75 Å². The van der Waals surface area contributed by atoms with Gasteiger partial charge in [0, 0.05) is 18.8 Å². The molecule has 9 nitrogen and oxygen atoms in total. The summed E-state index contributed by atoms with van der Waals surface area (Å²) in [5.41, 5.74) is 1.72. The van der Waals surface area contributed by atoms with E-state index in [-0.39, 0.29) is 28.3 Å². The molecular weight excluding hydrogens is 525 g/mol. The Bertz CT molecular complexity index is 1260. The van der Waals surface area contributed by atoms with Crippen molar-refractivity contribution in [2.75, 3.05) is 19.1 Å². The van der Waals surface area contributed by atoms with E-state index in [0.717, 1.165) is 35.7 Å². The lowest BCUT2D eigenvalue weighted by molar-refractivity contribution is -0.139. The number of phenols is 1. The van der Waals surface area contributed by atoms with Gasteiger partial charge in [-0.3, -0.25) is 9.52 Å². The maximum atomic E-state index is 12.9. The van der Waals surface area contributed by atoms with E-state index >= 15 is 0 Å². The van der Waals surface area contributed by atoms with E-state index in [9.17, 15) is 28.2 Å². The van der Waals surface area contributed by atoms with Gasteiger partial charge in [-0.1, -0.05) is 37.7 Å². The van der Waals surface area contributed by atoms with Crippen LogP contribution in [0, 0.1) is 12.3 Å². The number of hydrogen-bond donors (Lipinski definition) is 5. The van der Waals surface area contributed by atoms with Crippen molar-refractivity contribution >= 4 is 52.9 Å². The summed E-state index contributed by atoms with van der Waals surface area (Å²) in [6.45, 7) is 3.83. The zero-order chi connectivity index (χ0) is 27.0. The Labute approximate surface area is 216 Å². The van der Waals surface area contributed by atoms with Crippen molar-refractivity contribution in [3.05, 3.63) is 69.9 Å². The molecule has 0 aliphatic rings. The largest absolute Gasteiger partial charge is 0.508 e. The first-order chi connectivity index (χ1) is 16.8. The van der Waals surface area contributed by atoms with E-state index in [0.29, 0.717) is 12.0 Å². The lowest BCUT2D eigenvalue weighted by Gasteiger charge is -2.18. The number of halogens is 1. The monoisotopic (exact) mass is 553 g/mol. The number of carboxylic acids is 1. The van der Waals surface area contributed by atoms with Crippen LogP contribution in [0.25, 0.3) is 0 Å². The van der Waals surface area contributed by atoms with Crippen LogP contribution in [0.15, 0.2) is 48.2 Å². The van der Waals surface area contributed by atoms with Crippen molar-refractivity contribution < 1.29 is 28.2 Å². The highest BCUT2D eigenvalue weighted by Gasteiger charge is 2.24. The molecule has 0 fully saturated rings. The molecule has 194 valence electrons. The first-order valence-electron chi connectivity index (χ1n) is 10.8. The average Bonchev–Trinajstić information content (AvgIpc) is 2.78. The van der Waals surface area contributed by atoms with Gasteiger partial charge in [-0.2, -0.15) is 0 Å². The molecule has 0 saturated carbocycles. The molecule has 12 heteroatoms. The zero-order valence-electron chi connectivity index (χ0n) is 20.1. The van der Waals surface area contributed by atoms with E-state index in [1.807, 2.05) is 18.2 Å². The van der Waals surface area contributed by atoms with Gasteiger partial charge in [-0.15, -0.1) is 0 Å². The van der Waals surface area contributed by atoms with E-state index in [1.165, 1.54) is 0 Å². The third-order valence-corrected chi connectivity index (χ3v) is 8.17. The summed E-state index contributed by atoms with van der Waals surface area (Å²) in [4.78, 5) is 24.6. The third-order valence-electron chi connectivity index (χ3n) is 5.27. The molecule has 0 aliphatic heterocycles. The number of aromatic hydroxyl groups is 1. The molecular formula is C24H29ClN3O6PS. The van der Waals surface area contributed by atoms with Crippen LogP contribution in [-0.2, 0) is 21.2 Å². The van der Waals surface area contributed by atoms with E-state index < -0.39 is 35.9 Å². The molecule has 2 atom stereocenters. The molecule has 2 aromatic rings. The molecule has 0 aliphatic carbocycles. The fourth-order valence-corrected chi connectivity index (χ4v) is 5.70. The standard InChI is InChI=1S/C24H29ClN3O6PS/c1-15-9-16(7-8-35(2)19-6-4-5-18(29)12-19)10-20(25)22(15)23(30)28-21(24(31)32)11-17(13-26)14-27-36(3,33)34/h4-6,9-10,12-14,21,26-27,29H,7-8,11H2,1-3H3,(H,28,30)(H,31,32)/b17-14-,26-13?. The quantitative estimate of drug-likeness (QED) is 0.201. The second kappa shape index (κ2) is 12.9. The average molecular weight is 554 g/mol.